The highest BCUT2D eigenvalue weighted by molar-refractivity contribution is 5.71. The number of hydrogen-bond donors (Lipinski definition) is 0. The van der Waals surface area contributed by atoms with Crippen molar-refractivity contribution in [1.82, 2.24) is 0 Å². The van der Waals surface area contributed by atoms with Crippen molar-refractivity contribution < 1.29 is 42.9 Å². The van der Waals surface area contributed by atoms with Crippen LogP contribution in [0.1, 0.15) is 104 Å². The predicted octanol–water partition coefficient (Wildman–Crippen LogP) is 5.16. The van der Waals surface area contributed by atoms with Gasteiger partial charge >= 0.3 is 23.9 Å². The van der Waals surface area contributed by atoms with E-state index >= 15 is 0 Å². The van der Waals surface area contributed by atoms with Crippen LogP contribution in [0.3, 0.4) is 0 Å². The third-order valence-electron chi connectivity index (χ3n) is 5.36. The molecule has 0 aromatic rings. The lowest BCUT2D eigenvalue weighted by molar-refractivity contribution is -1.05. The predicted molar refractivity (Wildman–Crippen MR) is 136 cm³/mol. The number of nitrogens with zero attached hydrogens (tertiary/aromatic N) is 1. The summed E-state index contributed by atoms with van der Waals surface area (Å²) in [6, 6.07) is 0. The van der Waals surface area contributed by atoms with Crippen LogP contribution in [-0.4, -0.2) is 62.1 Å². The van der Waals surface area contributed by atoms with Crippen LogP contribution in [-0.2, 0) is 38.2 Å². The zero-order valence-electron chi connectivity index (χ0n) is 23.1. The minimum atomic E-state index is -0.472. The lowest BCUT2D eigenvalue weighted by Gasteiger charge is -2.25. The molecule has 0 N–H and O–H groups in total. The average molecular weight is 515 g/mol. The van der Waals surface area contributed by atoms with Gasteiger partial charge < -0.3 is 14.2 Å². The summed E-state index contributed by atoms with van der Waals surface area (Å²) in [6.45, 7) is 4.40. The molecule has 0 aliphatic rings. The fraction of sp³-hybridized carbons (Fsp3) is 0.778. The Labute approximate surface area is 217 Å². The lowest BCUT2D eigenvalue weighted by atomic mass is 10.1. The van der Waals surface area contributed by atoms with Crippen LogP contribution in [0.5, 0.6) is 0 Å². The average Bonchev–Trinajstić information content (AvgIpc) is 2.76. The van der Waals surface area contributed by atoms with E-state index in [1.54, 1.807) is 14.1 Å². The van der Waals surface area contributed by atoms with E-state index in [4.69, 9.17) is 14.3 Å². The highest BCUT2D eigenvalue weighted by atomic mass is 16.7. The Kier molecular flexibility index (Phi) is 19.3. The number of allylic oxidation sites excluding steroid dienone is 1. The molecule has 208 valence electrons. The van der Waals surface area contributed by atoms with Crippen molar-refractivity contribution in [3.05, 3.63) is 12.2 Å². The van der Waals surface area contributed by atoms with Crippen molar-refractivity contribution in [3.8, 4) is 0 Å². The first-order valence-corrected chi connectivity index (χ1v) is 13.2. The second-order valence-corrected chi connectivity index (χ2v) is 9.56. The van der Waals surface area contributed by atoms with Gasteiger partial charge in [-0.1, -0.05) is 57.6 Å². The molecule has 0 radical (unpaired) electrons. The van der Waals surface area contributed by atoms with Gasteiger partial charge in [-0.05, 0) is 32.1 Å². The Morgan fingerprint density at radius 3 is 2.11 bits per heavy atom. The number of unbranched alkanes of at least 4 members (excludes halogenated alkanes) is 8. The van der Waals surface area contributed by atoms with Crippen LogP contribution in [0.4, 0.5) is 0 Å². The molecule has 0 saturated carbocycles. The van der Waals surface area contributed by atoms with E-state index in [1.165, 1.54) is 20.3 Å². The minimum Gasteiger partial charge on any atom is -0.458 e. The van der Waals surface area contributed by atoms with E-state index in [0.29, 0.717) is 12.8 Å². The zero-order chi connectivity index (χ0) is 27.2. The number of carbonyl (C=O) groups excluding carboxylic acids is 4. The number of ether oxygens (including phenoxy) is 3. The van der Waals surface area contributed by atoms with Crippen molar-refractivity contribution in [2.45, 2.75) is 110 Å². The number of hydroxylamine groups is 3. The van der Waals surface area contributed by atoms with Crippen LogP contribution in [0.2, 0.25) is 0 Å². The molecule has 0 aromatic carbocycles. The molecule has 0 bridgehead atoms. The van der Waals surface area contributed by atoms with Gasteiger partial charge in [0.25, 0.3) is 0 Å². The number of quaternary nitrogens is 1. The molecule has 9 nitrogen and oxygen atoms in total. The fourth-order valence-electron chi connectivity index (χ4n) is 3.62. The summed E-state index contributed by atoms with van der Waals surface area (Å²) >= 11 is 0. The van der Waals surface area contributed by atoms with E-state index in [0.717, 1.165) is 64.2 Å². The van der Waals surface area contributed by atoms with Gasteiger partial charge in [-0.3, -0.25) is 14.4 Å². The summed E-state index contributed by atoms with van der Waals surface area (Å²) in [5.74, 6) is -1.63. The van der Waals surface area contributed by atoms with Gasteiger partial charge in [-0.2, -0.15) is 0 Å². The Bertz CT molecular complexity index is 675. The molecule has 0 amide bonds. The van der Waals surface area contributed by atoms with Crippen LogP contribution in [0, 0.1) is 0 Å². The molecular weight excluding hydrogens is 466 g/mol. The second-order valence-electron chi connectivity index (χ2n) is 9.56. The maximum Gasteiger partial charge on any atom is 0.365 e. The fourth-order valence-corrected chi connectivity index (χ4v) is 3.62. The standard InChI is InChI=1S/C27H48NO8/c1-6-7-8-15-18-25(35-27(32)21-28(4,5)36-24(3)30)19-16-13-11-9-10-12-14-17-20-26(31)34-22-33-23(2)29/h13,16,25H,6-12,14-15,17-22H2,1-5H3/q+1. The smallest absolute Gasteiger partial charge is 0.365 e. The van der Waals surface area contributed by atoms with Crippen LogP contribution in [0.15, 0.2) is 12.2 Å². The summed E-state index contributed by atoms with van der Waals surface area (Å²) in [7, 11) is 3.30. The zero-order valence-corrected chi connectivity index (χ0v) is 23.1. The largest absolute Gasteiger partial charge is 0.458 e. The van der Waals surface area contributed by atoms with Gasteiger partial charge in [0.2, 0.25) is 13.3 Å². The normalized spacial score (nSPS) is 12.2. The number of rotatable bonds is 21. The first-order chi connectivity index (χ1) is 17.1. The molecule has 1 atom stereocenters. The van der Waals surface area contributed by atoms with Gasteiger partial charge in [-0.15, -0.1) is 4.65 Å². The number of esters is 3. The van der Waals surface area contributed by atoms with Crippen LogP contribution < -0.4 is 0 Å². The van der Waals surface area contributed by atoms with Crippen LogP contribution >= 0.6 is 0 Å². The summed E-state index contributed by atoms with van der Waals surface area (Å²) in [6.07, 6.45) is 16.2. The Morgan fingerprint density at radius 1 is 0.778 bits per heavy atom. The van der Waals surface area contributed by atoms with Gasteiger partial charge in [0, 0.05) is 26.7 Å². The van der Waals surface area contributed by atoms with Crippen molar-refractivity contribution in [3.63, 3.8) is 0 Å². The molecule has 0 saturated heterocycles. The van der Waals surface area contributed by atoms with Crippen LogP contribution in [0.25, 0.3) is 0 Å². The van der Waals surface area contributed by atoms with E-state index in [1.807, 2.05) is 0 Å². The van der Waals surface area contributed by atoms with Crippen molar-refractivity contribution in [1.29, 1.82) is 0 Å². The van der Waals surface area contributed by atoms with Gasteiger partial charge in [-0.25, -0.2) is 9.59 Å². The summed E-state index contributed by atoms with van der Waals surface area (Å²) in [4.78, 5) is 50.9. The van der Waals surface area contributed by atoms with E-state index < -0.39 is 11.9 Å². The number of carbonyl (C=O) groups is 4. The monoisotopic (exact) mass is 514 g/mol. The first-order valence-electron chi connectivity index (χ1n) is 13.2. The first kappa shape index (κ1) is 33.6. The Hall–Kier alpha value is -2.42. The molecule has 0 aliphatic carbocycles. The molecule has 0 fully saturated rings. The second kappa shape index (κ2) is 20.7. The number of likely N-dealkylation sites (N-methyl/N-ethyl adjacent to an activating group) is 1. The van der Waals surface area contributed by atoms with Crippen molar-refractivity contribution in [2.75, 3.05) is 27.4 Å². The molecule has 1 unspecified atom stereocenters. The van der Waals surface area contributed by atoms with E-state index in [2.05, 4.69) is 23.8 Å². The third-order valence-corrected chi connectivity index (χ3v) is 5.36. The lowest BCUT2D eigenvalue weighted by Crippen LogP contribution is -2.46. The highest BCUT2D eigenvalue weighted by Crippen LogP contribution is 2.14. The molecule has 0 aromatic heterocycles. The molecule has 0 spiro atoms. The van der Waals surface area contributed by atoms with Crippen molar-refractivity contribution >= 4 is 23.9 Å². The highest BCUT2D eigenvalue weighted by Gasteiger charge is 2.27. The molecule has 0 heterocycles. The topological polar surface area (TPSA) is 105 Å². The maximum absolute atomic E-state index is 12.4. The molecular formula is C27H48NO8+. The summed E-state index contributed by atoms with van der Waals surface area (Å²) in [5.41, 5.74) is 0. The van der Waals surface area contributed by atoms with E-state index in [9.17, 15) is 19.2 Å². The third kappa shape index (κ3) is 22.1. The molecule has 0 rings (SSSR count). The Balaban J connectivity index is 4.18. The summed E-state index contributed by atoms with van der Waals surface area (Å²) in [5, 5.41) is 0. The van der Waals surface area contributed by atoms with E-state index in [-0.39, 0.29) is 36.0 Å². The van der Waals surface area contributed by atoms with Gasteiger partial charge in [0.15, 0.2) is 0 Å². The maximum atomic E-state index is 12.4. The Morgan fingerprint density at radius 2 is 1.44 bits per heavy atom. The quantitative estimate of drug-likeness (QED) is 0.0516. The molecule has 9 heteroatoms. The van der Waals surface area contributed by atoms with Gasteiger partial charge in [0.1, 0.15) is 20.2 Å². The molecule has 0 aliphatic heterocycles. The van der Waals surface area contributed by atoms with Gasteiger partial charge in [0.05, 0.1) is 0 Å². The molecule has 36 heavy (non-hydrogen) atoms. The SMILES string of the molecule is CCCCCCC(CC=CCCCCCCCC(=O)OCOC(C)=O)OC(=O)C[N+](C)(C)OC(C)=O. The van der Waals surface area contributed by atoms with Crippen molar-refractivity contribution in [2.24, 2.45) is 0 Å². The summed E-state index contributed by atoms with van der Waals surface area (Å²) < 4.78 is 14.9. The minimum absolute atomic E-state index is 0.0291. The number of hydrogen-bond acceptors (Lipinski definition) is 8.